The van der Waals surface area contributed by atoms with Crippen LogP contribution in [0.2, 0.25) is 0 Å². The molecule has 0 aliphatic rings. The molecule has 0 aliphatic carbocycles. The first-order chi connectivity index (χ1) is 11.1. The fraction of sp³-hybridized carbons (Fsp3) is 0.188. The molecule has 0 aliphatic heterocycles. The summed E-state index contributed by atoms with van der Waals surface area (Å²) in [6, 6.07) is 5.22. The maximum Gasteiger partial charge on any atom is 0.248 e. The zero-order valence-corrected chi connectivity index (χ0v) is 13.6. The van der Waals surface area contributed by atoms with Gasteiger partial charge in [0, 0.05) is 23.9 Å². The number of primary amides is 1. The number of fused-ring (bicyclic) bond motifs is 1. The Morgan fingerprint density at radius 3 is 2.96 bits per heavy atom. The zero-order valence-electron chi connectivity index (χ0n) is 12.8. The number of hydrogen-bond acceptors (Lipinski definition) is 6. The van der Waals surface area contributed by atoms with Crippen LogP contribution in [-0.2, 0) is 11.3 Å². The van der Waals surface area contributed by atoms with Gasteiger partial charge in [0.05, 0.1) is 12.0 Å². The fourth-order valence-electron chi connectivity index (χ4n) is 2.38. The first-order valence-electron chi connectivity index (χ1n) is 6.97. The van der Waals surface area contributed by atoms with Crippen molar-refractivity contribution < 1.29 is 9.53 Å². The largest absolute Gasteiger partial charge is 0.380 e. The van der Waals surface area contributed by atoms with Gasteiger partial charge in [-0.25, -0.2) is 9.97 Å². The molecule has 0 unspecified atom stereocenters. The van der Waals surface area contributed by atoms with E-state index in [0.717, 1.165) is 32.8 Å². The molecule has 2 aromatic heterocycles. The number of benzene rings is 1. The molecule has 6 nitrogen and oxygen atoms in total. The predicted molar refractivity (Wildman–Crippen MR) is 91.1 cm³/mol. The smallest absolute Gasteiger partial charge is 0.248 e. The molecule has 118 valence electrons. The van der Waals surface area contributed by atoms with Gasteiger partial charge in [-0.2, -0.15) is 0 Å². The Morgan fingerprint density at radius 1 is 1.39 bits per heavy atom. The summed E-state index contributed by atoms with van der Waals surface area (Å²) in [5.74, 6) is 0.268. The molecule has 3 N–H and O–H groups in total. The van der Waals surface area contributed by atoms with E-state index in [-0.39, 0.29) is 0 Å². The molecule has 2 heterocycles. The normalized spacial score (nSPS) is 10.9. The van der Waals surface area contributed by atoms with E-state index in [0.29, 0.717) is 12.2 Å². The Kier molecular flexibility index (Phi) is 4.22. The summed E-state index contributed by atoms with van der Waals surface area (Å²) < 4.78 is 5.21. The lowest BCUT2D eigenvalue weighted by Crippen LogP contribution is -2.12. The number of thiophene rings is 1. The van der Waals surface area contributed by atoms with Crippen molar-refractivity contribution >= 4 is 39.0 Å². The van der Waals surface area contributed by atoms with Gasteiger partial charge < -0.3 is 15.8 Å². The number of amides is 1. The van der Waals surface area contributed by atoms with Crippen LogP contribution in [0.3, 0.4) is 0 Å². The lowest BCUT2D eigenvalue weighted by atomic mass is 10.1. The van der Waals surface area contributed by atoms with Crippen LogP contribution in [-0.4, -0.2) is 23.0 Å². The Labute approximate surface area is 137 Å². The summed E-state index contributed by atoms with van der Waals surface area (Å²) in [5, 5.41) is 6.37. The van der Waals surface area contributed by atoms with Crippen molar-refractivity contribution in [1.29, 1.82) is 0 Å². The highest BCUT2D eigenvalue weighted by Gasteiger charge is 2.12. The predicted octanol–water partition coefficient (Wildman–Crippen LogP) is 2.99. The van der Waals surface area contributed by atoms with Gasteiger partial charge in [0.2, 0.25) is 5.91 Å². The summed E-state index contributed by atoms with van der Waals surface area (Å²) in [5.41, 5.74) is 8.57. The molecule has 0 saturated carbocycles. The summed E-state index contributed by atoms with van der Waals surface area (Å²) in [4.78, 5) is 20.9. The summed E-state index contributed by atoms with van der Waals surface area (Å²) in [6.45, 7) is 2.39. The number of nitrogens with one attached hydrogen (secondary N) is 1. The van der Waals surface area contributed by atoms with Crippen molar-refractivity contribution in [2.24, 2.45) is 5.73 Å². The first kappa shape index (κ1) is 15.4. The lowest BCUT2D eigenvalue weighted by Gasteiger charge is -2.13. The van der Waals surface area contributed by atoms with E-state index >= 15 is 0 Å². The van der Waals surface area contributed by atoms with Gasteiger partial charge in [0.1, 0.15) is 17.0 Å². The zero-order chi connectivity index (χ0) is 16.4. The van der Waals surface area contributed by atoms with Gasteiger partial charge in [-0.3, -0.25) is 4.79 Å². The Balaban J connectivity index is 2.04. The van der Waals surface area contributed by atoms with Crippen molar-refractivity contribution in [2.45, 2.75) is 13.5 Å². The van der Waals surface area contributed by atoms with Crippen LogP contribution in [0.4, 0.5) is 11.5 Å². The van der Waals surface area contributed by atoms with E-state index in [9.17, 15) is 4.79 Å². The average molecular weight is 328 g/mol. The number of methoxy groups -OCH3 is 1. The minimum absolute atomic E-state index is 0.361. The minimum atomic E-state index is -0.466. The Morgan fingerprint density at radius 2 is 2.22 bits per heavy atom. The molecule has 23 heavy (non-hydrogen) atoms. The van der Waals surface area contributed by atoms with Gasteiger partial charge in [0.15, 0.2) is 0 Å². The number of nitrogens with two attached hydrogens (primary N) is 1. The number of carbonyl (C=O) groups excluding carboxylic acids is 1. The highest BCUT2D eigenvalue weighted by Crippen LogP contribution is 2.31. The van der Waals surface area contributed by atoms with E-state index in [1.165, 1.54) is 6.33 Å². The van der Waals surface area contributed by atoms with Gasteiger partial charge in [-0.1, -0.05) is 0 Å². The molecule has 0 bridgehead atoms. The minimum Gasteiger partial charge on any atom is -0.380 e. The van der Waals surface area contributed by atoms with Crippen LogP contribution >= 0.6 is 11.3 Å². The highest BCUT2D eigenvalue weighted by atomic mass is 32.1. The molecule has 3 aromatic rings. The van der Waals surface area contributed by atoms with Crippen molar-refractivity contribution in [3.8, 4) is 0 Å². The summed E-state index contributed by atoms with van der Waals surface area (Å²) in [6.07, 6.45) is 1.54. The molecule has 3 rings (SSSR count). The monoisotopic (exact) mass is 328 g/mol. The van der Waals surface area contributed by atoms with E-state index in [1.54, 1.807) is 30.6 Å². The molecular formula is C16H16N4O2S. The SMILES string of the molecule is COCc1cc(C(N)=O)ccc1Nc1ncnc2scc(C)c12. The molecule has 0 spiro atoms. The maximum absolute atomic E-state index is 11.4. The van der Waals surface area contributed by atoms with E-state index < -0.39 is 5.91 Å². The lowest BCUT2D eigenvalue weighted by molar-refractivity contribution is 0.1000. The third kappa shape index (κ3) is 3.01. The first-order valence-corrected chi connectivity index (χ1v) is 7.85. The number of anilines is 2. The third-order valence-corrected chi connectivity index (χ3v) is 4.50. The quantitative estimate of drug-likeness (QED) is 0.751. The molecule has 1 aromatic carbocycles. The fourth-order valence-corrected chi connectivity index (χ4v) is 3.27. The third-order valence-electron chi connectivity index (χ3n) is 3.50. The molecule has 0 atom stereocenters. The number of carbonyl (C=O) groups is 1. The second-order valence-electron chi connectivity index (χ2n) is 5.12. The molecule has 0 saturated heterocycles. The molecular weight excluding hydrogens is 312 g/mol. The Hall–Kier alpha value is -2.51. The van der Waals surface area contributed by atoms with Crippen LogP contribution in [0, 0.1) is 6.92 Å². The highest BCUT2D eigenvalue weighted by molar-refractivity contribution is 7.17. The molecule has 7 heteroatoms. The number of rotatable bonds is 5. The van der Waals surface area contributed by atoms with E-state index in [1.807, 2.05) is 13.0 Å². The topological polar surface area (TPSA) is 90.1 Å². The number of ether oxygens (including phenoxy) is 1. The van der Waals surface area contributed by atoms with Crippen LogP contribution < -0.4 is 11.1 Å². The summed E-state index contributed by atoms with van der Waals surface area (Å²) in [7, 11) is 1.60. The number of hydrogen-bond donors (Lipinski definition) is 2. The van der Waals surface area contributed by atoms with Gasteiger partial charge in [0.25, 0.3) is 0 Å². The second-order valence-corrected chi connectivity index (χ2v) is 5.97. The number of aromatic nitrogens is 2. The number of aryl methyl sites for hydroxylation is 1. The average Bonchev–Trinajstić information content (AvgIpc) is 2.91. The maximum atomic E-state index is 11.4. The van der Waals surface area contributed by atoms with Gasteiger partial charge >= 0.3 is 0 Å². The molecule has 1 amide bonds. The van der Waals surface area contributed by atoms with E-state index in [4.69, 9.17) is 10.5 Å². The van der Waals surface area contributed by atoms with Crippen LogP contribution in [0.5, 0.6) is 0 Å². The van der Waals surface area contributed by atoms with Gasteiger partial charge in [-0.15, -0.1) is 11.3 Å². The van der Waals surface area contributed by atoms with Gasteiger partial charge in [-0.05, 0) is 36.1 Å². The molecule has 0 fully saturated rings. The molecule has 0 radical (unpaired) electrons. The van der Waals surface area contributed by atoms with E-state index in [2.05, 4.69) is 20.7 Å². The standard InChI is InChI=1S/C16H16N4O2S/c1-9-7-23-16-13(9)15(18-8-19-16)20-12-4-3-10(14(17)21)5-11(12)6-22-2/h3-5,7-8H,6H2,1-2H3,(H2,17,21)(H,18,19,20). The van der Waals surface area contributed by atoms with Crippen molar-refractivity contribution in [3.05, 3.63) is 46.6 Å². The van der Waals surface area contributed by atoms with Crippen LogP contribution in [0.15, 0.2) is 29.9 Å². The van der Waals surface area contributed by atoms with Crippen molar-refractivity contribution in [3.63, 3.8) is 0 Å². The van der Waals surface area contributed by atoms with Crippen LogP contribution in [0.1, 0.15) is 21.5 Å². The van der Waals surface area contributed by atoms with Crippen molar-refractivity contribution in [1.82, 2.24) is 9.97 Å². The Bertz CT molecular complexity index is 876. The van der Waals surface area contributed by atoms with Crippen LogP contribution in [0.25, 0.3) is 10.2 Å². The second kappa shape index (κ2) is 6.31. The van der Waals surface area contributed by atoms with Crippen molar-refractivity contribution in [2.75, 3.05) is 12.4 Å². The summed E-state index contributed by atoms with van der Waals surface area (Å²) >= 11 is 1.58. The number of nitrogens with zero attached hydrogens (tertiary/aromatic N) is 2.